The van der Waals surface area contributed by atoms with Crippen LogP contribution in [0.2, 0.25) is 0 Å². The molecule has 0 aliphatic carbocycles. The van der Waals surface area contributed by atoms with Crippen LogP contribution in [-0.4, -0.2) is 24.6 Å². The van der Waals surface area contributed by atoms with E-state index in [1.54, 1.807) is 0 Å². The molecule has 0 saturated heterocycles. The van der Waals surface area contributed by atoms with Crippen molar-refractivity contribution in [3.63, 3.8) is 0 Å². The molecule has 0 amide bonds. The predicted molar refractivity (Wildman–Crippen MR) is 118 cm³/mol. The topological polar surface area (TPSA) is 47.6 Å². The highest BCUT2D eigenvalue weighted by Crippen LogP contribution is 2.60. The number of rotatable bonds is 19. The highest BCUT2D eigenvalue weighted by molar-refractivity contribution is 7.76. The summed E-state index contributed by atoms with van der Waals surface area (Å²) in [5.74, 6) is 0. The average Bonchev–Trinajstić information content (AvgIpc) is 2.64. The summed E-state index contributed by atoms with van der Waals surface area (Å²) < 4.78 is 0. The van der Waals surface area contributed by atoms with Gasteiger partial charge in [-0.3, -0.25) is 0 Å². The van der Waals surface area contributed by atoms with Crippen LogP contribution in [0.3, 0.4) is 0 Å². The summed E-state index contributed by atoms with van der Waals surface area (Å²) in [4.78, 5) is 0. The summed E-state index contributed by atoms with van der Waals surface area (Å²) >= 11 is 0. The van der Waals surface area contributed by atoms with Crippen molar-refractivity contribution in [2.75, 3.05) is 24.6 Å². The lowest BCUT2D eigenvalue weighted by Crippen LogP contribution is -2.12. The van der Waals surface area contributed by atoms with Gasteiger partial charge in [-0.15, -0.1) is 0 Å². The van der Waals surface area contributed by atoms with Gasteiger partial charge in [-0.2, -0.15) is 10.5 Å². The fourth-order valence-corrected chi connectivity index (χ4v) is 8.12. The van der Waals surface area contributed by atoms with E-state index in [2.05, 4.69) is 31.7 Å². The highest BCUT2D eigenvalue weighted by atomic mass is 31.2. The number of hydrogen-bond acceptors (Lipinski definition) is 2. The molecule has 0 heterocycles. The van der Waals surface area contributed by atoms with Crippen molar-refractivity contribution in [2.45, 2.75) is 96.8 Å². The van der Waals surface area contributed by atoms with E-state index >= 15 is 0 Å². The highest BCUT2D eigenvalue weighted by Gasteiger charge is 2.34. The van der Waals surface area contributed by atoms with Crippen molar-refractivity contribution >= 4 is 7.26 Å². The third kappa shape index (κ3) is 14.3. The van der Waals surface area contributed by atoms with E-state index < -0.39 is 7.26 Å². The molecule has 0 atom stereocenters. The molecule has 0 radical (unpaired) electrons. The Morgan fingerprint density at radius 1 is 0.692 bits per heavy atom. The number of unbranched alkanes of at least 4 members (excludes halogenated alkanes) is 11. The van der Waals surface area contributed by atoms with E-state index in [9.17, 15) is 0 Å². The lowest BCUT2D eigenvalue weighted by molar-refractivity contribution is 0.562. The Kier molecular flexibility index (Phi) is 18.3. The molecule has 2 nitrogen and oxygen atoms in total. The second kappa shape index (κ2) is 18.9. The van der Waals surface area contributed by atoms with Crippen LogP contribution in [0, 0.1) is 22.7 Å². The SMILES string of the molecule is C=CC[P+](CCCC#N)(CCCC#N)CCCCCCCCCCCC. The van der Waals surface area contributed by atoms with Crippen LogP contribution in [0.5, 0.6) is 0 Å². The quantitative estimate of drug-likeness (QED) is 0.131. The Bertz CT molecular complexity index is 385. The molecule has 0 saturated carbocycles. The van der Waals surface area contributed by atoms with E-state index in [0.717, 1.165) is 19.0 Å². The first-order valence-corrected chi connectivity index (χ1v) is 13.5. The van der Waals surface area contributed by atoms with Gasteiger partial charge in [0.1, 0.15) is 0 Å². The molecule has 3 heteroatoms. The number of nitrogens with zero attached hydrogens (tertiary/aromatic N) is 2. The maximum absolute atomic E-state index is 8.87. The molecule has 0 aromatic rings. The maximum atomic E-state index is 8.87. The third-order valence-corrected chi connectivity index (χ3v) is 10.2. The van der Waals surface area contributed by atoms with Crippen LogP contribution >= 0.6 is 7.26 Å². The van der Waals surface area contributed by atoms with Gasteiger partial charge in [-0.25, -0.2) is 0 Å². The zero-order chi connectivity index (χ0) is 19.3. The molecule has 0 aliphatic heterocycles. The van der Waals surface area contributed by atoms with Gasteiger partial charge in [-0.05, 0) is 25.7 Å². The molecule has 0 aliphatic rings. The summed E-state index contributed by atoms with van der Waals surface area (Å²) in [5.41, 5.74) is 0. The first-order valence-electron chi connectivity index (χ1n) is 10.9. The fraction of sp³-hybridized carbons (Fsp3) is 0.826. The molecule has 0 rings (SSSR count). The van der Waals surface area contributed by atoms with Gasteiger partial charge >= 0.3 is 0 Å². The number of nitriles is 2. The van der Waals surface area contributed by atoms with E-state index in [4.69, 9.17) is 10.5 Å². The average molecular weight is 378 g/mol. The molecule has 0 aromatic carbocycles. The summed E-state index contributed by atoms with van der Waals surface area (Å²) in [6.07, 6.45) is 24.2. The minimum Gasteiger partial charge on any atom is -0.198 e. The van der Waals surface area contributed by atoms with Gasteiger partial charge in [0.2, 0.25) is 0 Å². The van der Waals surface area contributed by atoms with Gasteiger partial charge in [-0.1, -0.05) is 70.9 Å². The van der Waals surface area contributed by atoms with Crippen molar-refractivity contribution in [3.8, 4) is 12.1 Å². The molecule has 0 N–H and O–H groups in total. The Morgan fingerprint density at radius 2 is 1.12 bits per heavy atom. The molecular formula is C23H42N2P+. The number of hydrogen-bond donors (Lipinski definition) is 0. The summed E-state index contributed by atoms with van der Waals surface area (Å²) in [6, 6.07) is 4.60. The van der Waals surface area contributed by atoms with Crippen molar-refractivity contribution in [1.29, 1.82) is 10.5 Å². The van der Waals surface area contributed by atoms with E-state index in [0.29, 0.717) is 12.8 Å². The normalized spacial score (nSPS) is 11.0. The maximum Gasteiger partial charge on any atom is 0.0771 e. The fourth-order valence-electron chi connectivity index (χ4n) is 3.80. The van der Waals surface area contributed by atoms with Gasteiger partial charge in [0.05, 0.1) is 36.8 Å². The molecular weight excluding hydrogens is 335 g/mol. The predicted octanol–water partition coefficient (Wildman–Crippen LogP) is 7.72. The smallest absolute Gasteiger partial charge is 0.0771 e. The molecule has 26 heavy (non-hydrogen) atoms. The van der Waals surface area contributed by atoms with Gasteiger partial charge in [0, 0.05) is 20.1 Å². The van der Waals surface area contributed by atoms with Crippen LogP contribution in [-0.2, 0) is 0 Å². The van der Waals surface area contributed by atoms with Crippen LogP contribution in [0.25, 0.3) is 0 Å². The van der Waals surface area contributed by atoms with E-state index in [1.165, 1.54) is 82.7 Å². The third-order valence-electron chi connectivity index (χ3n) is 5.34. The largest absolute Gasteiger partial charge is 0.198 e. The zero-order valence-corrected chi connectivity index (χ0v) is 18.2. The van der Waals surface area contributed by atoms with Gasteiger partial charge in [0.25, 0.3) is 0 Å². The summed E-state index contributed by atoms with van der Waals surface area (Å²) in [7, 11) is -1.05. The Balaban J connectivity index is 4.12. The van der Waals surface area contributed by atoms with E-state index in [1.807, 2.05) is 0 Å². The molecule has 148 valence electrons. The van der Waals surface area contributed by atoms with Crippen LogP contribution in [0.1, 0.15) is 96.8 Å². The second-order valence-electron chi connectivity index (χ2n) is 7.69. The number of allylic oxidation sites excluding steroid dienone is 1. The Labute approximate surface area is 164 Å². The van der Waals surface area contributed by atoms with E-state index in [-0.39, 0.29) is 0 Å². The molecule has 0 unspecified atom stereocenters. The van der Waals surface area contributed by atoms with Crippen LogP contribution < -0.4 is 0 Å². The molecule has 0 spiro atoms. The summed E-state index contributed by atoms with van der Waals surface area (Å²) in [6.45, 7) is 6.27. The standard InChI is InChI=1S/C23H42N2P/c1-3-5-6-7-8-9-10-11-12-15-21-26(20-4-2,22-16-13-18-24)23-17-14-19-25/h4H,2-3,5-17,20-23H2,1H3/q+1. The Morgan fingerprint density at radius 3 is 1.54 bits per heavy atom. The zero-order valence-electron chi connectivity index (χ0n) is 17.4. The van der Waals surface area contributed by atoms with Crippen molar-refractivity contribution < 1.29 is 0 Å². The first kappa shape index (κ1) is 25.1. The minimum absolute atomic E-state index is 0.676. The van der Waals surface area contributed by atoms with Crippen molar-refractivity contribution in [3.05, 3.63) is 12.7 Å². The lowest BCUT2D eigenvalue weighted by atomic mass is 10.1. The van der Waals surface area contributed by atoms with Gasteiger partial charge < -0.3 is 0 Å². The summed E-state index contributed by atoms with van der Waals surface area (Å²) in [5, 5.41) is 17.7. The minimum atomic E-state index is -1.05. The van der Waals surface area contributed by atoms with Crippen molar-refractivity contribution in [1.82, 2.24) is 0 Å². The van der Waals surface area contributed by atoms with Crippen LogP contribution in [0.4, 0.5) is 0 Å². The van der Waals surface area contributed by atoms with Crippen LogP contribution in [0.15, 0.2) is 12.7 Å². The monoisotopic (exact) mass is 377 g/mol. The molecule has 0 bridgehead atoms. The van der Waals surface area contributed by atoms with Gasteiger partial charge in [0.15, 0.2) is 0 Å². The van der Waals surface area contributed by atoms with Crippen molar-refractivity contribution in [2.24, 2.45) is 0 Å². The lowest BCUT2D eigenvalue weighted by Gasteiger charge is -2.26. The Hall–Kier alpha value is -0.850. The second-order valence-corrected chi connectivity index (χ2v) is 12.1. The molecule has 0 fully saturated rings. The molecule has 0 aromatic heterocycles. The first-order chi connectivity index (χ1) is 12.7.